The van der Waals surface area contributed by atoms with Crippen LogP contribution < -0.4 is 10.1 Å². The number of halogens is 4. The molecule has 1 aromatic rings. The molecule has 1 fully saturated rings. The van der Waals surface area contributed by atoms with E-state index in [9.17, 15) is 17.6 Å². The van der Waals surface area contributed by atoms with E-state index in [1.54, 1.807) is 0 Å². The number of hydrogen-bond acceptors (Lipinski definition) is 3. The Bertz CT molecular complexity index is 528. The number of rotatable bonds is 6. The Morgan fingerprint density at radius 1 is 1.17 bits per heavy atom. The van der Waals surface area contributed by atoms with Crippen LogP contribution in [0.5, 0.6) is 5.75 Å². The summed E-state index contributed by atoms with van der Waals surface area (Å²) in [6.45, 7) is 7.63. The molecule has 0 aromatic heterocycles. The lowest BCUT2D eigenvalue weighted by molar-refractivity contribution is -0.275. The Balaban J connectivity index is 2.19. The van der Waals surface area contributed by atoms with E-state index in [-0.39, 0.29) is 6.04 Å². The number of benzene rings is 1. The molecule has 1 heterocycles. The predicted octanol–water partition coefficient (Wildman–Crippen LogP) is 4.11. The summed E-state index contributed by atoms with van der Waals surface area (Å²) in [5, 5.41) is 3.27. The lowest BCUT2D eigenvalue weighted by atomic mass is 9.95. The second-order valence-corrected chi connectivity index (χ2v) is 6.51. The van der Waals surface area contributed by atoms with Crippen molar-refractivity contribution in [2.24, 2.45) is 5.92 Å². The average molecular weight is 348 g/mol. The van der Waals surface area contributed by atoms with Crippen molar-refractivity contribution in [1.82, 2.24) is 10.2 Å². The van der Waals surface area contributed by atoms with Crippen LogP contribution in [0.3, 0.4) is 0 Å². The van der Waals surface area contributed by atoms with Gasteiger partial charge in [0.25, 0.3) is 0 Å². The molecular weight excluding hydrogens is 324 g/mol. The third-order valence-electron chi connectivity index (χ3n) is 4.18. The molecule has 1 atom stereocenters. The summed E-state index contributed by atoms with van der Waals surface area (Å²) < 4.78 is 54.6. The summed E-state index contributed by atoms with van der Waals surface area (Å²) in [7, 11) is 0. The van der Waals surface area contributed by atoms with E-state index in [0.29, 0.717) is 11.5 Å². The second-order valence-electron chi connectivity index (χ2n) is 6.51. The Labute approximate surface area is 140 Å². The van der Waals surface area contributed by atoms with E-state index in [0.717, 1.165) is 45.1 Å². The highest BCUT2D eigenvalue weighted by Gasteiger charge is 2.32. The van der Waals surface area contributed by atoms with Crippen LogP contribution in [-0.2, 0) is 0 Å². The Kier molecular flexibility index (Phi) is 6.46. The van der Waals surface area contributed by atoms with E-state index in [1.807, 2.05) is 0 Å². The minimum absolute atomic E-state index is 0.00365. The molecule has 0 bridgehead atoms. The Morgan fingerprint density at radius 2 is 1.83 bits per heavy atom. The van der Waals surface area contributed by atoms with Gasteiger partial charge in [-0.15, -0.1) is 13.2 Å². The van der Waals surface area contributed by atoms with E-state index in [1.165, 1.54) is 12.1 Å². The summed E-state index contributed by atoms with van der Waals surface area (Å²) in [5.74, 6) is -1.25. The lowest BCUT2D eigenvalue weighted by Crippen LogP contribution is -2.45. The number of nitrogens with one attached hydrogen (secondary N) is 1. The third kappa shape index (κ3) is 5.63. The molecule has 1 aliphatic heterocycles. The van der Waals surface area contributed by atoms with Gasteiger partial charge in [0, 0.05) is 32.2 Å². The fraction of sp³-hybridized carbons (Fsp3) is 0.647. The number of nitrogens with zero attached hydrogens (tertiary/aromatic N) is 1. The number of piperazine rings is 1. The van der Waals surface area contributed by atoms with Crippen LogP contribution in [0.1, 0.15) is 38.3 Å². The Morgan fingerprint density at radius 3 is 2.38 bits per heavy atom. The largest absolute Gasteiger partial charge is 0.573 e. The van der Waals surface area contributed by atoms with Gasteiger partial charge in [0.1, 0.15) is 0 Å². The van der Waals surface area contributed by atoms with E-state index >= 15 is 0 Å². The maximum Gasteiger partial charge on any atom is 0.573 e. The number of alkyl halides is 3. The minimum atomic E-state index is -4.89. The molecule has 0 unspecified atom stereocenters. The first kappa shape index (κ1) is 19.0. The highest BCUT2D eigenvalue weighted by atomic mass is 19.4. The molecular formula is C17H24F4N2O. The first-order valence-corrected chi connectivity index (χ1v) is 8.26. The predicted molar refractivity (Wildman–Crippen MR) is 84.3 cm³/mol. The van der Waals surface area contributed by atoms with Crippen molar-refractivity contribution in [1.29, 1.82) is 0 Å². The molecule has 1 aliphatic rings. The number of hydrogen-bond donors (Lipinski definition) is 1. The molecule has 0 spiro atoms. The van der Waals surface area contributed by atoms with E-state index in [4.69, 9.17) is 0 Å². The summed E-state index contributed by atoms with van der Waals surface area (Å²) in [6, 6.07) is 3.79. The van der Waals surface area contributed by atoms with Gasteiger partial charge in [0.2, 0.25) is 0 Å². The molecule has 1 aromatic carbocycles. The first-order valence-electron chi connectivity index (χ1n) is 8.26. The third-order valence-corrected chi connectivity index (χ3v) is 4.18. The molecule has 0 saturated carbocycles. The van der Waals surface area contributed by atoms with Gasteiger partial charge >= 0.3 is 6.36 Å². The Hall–Kier alpha value is -1.34. The molecule has 2 rings (SSSR count). The molecule has 3 nitrogen and oxygen atoms in total. The van der Waals surface area contributed by atoms with Gasteiger partial charge in [-0.05, 0) is 36.5 Å². The van der Waals surface area contributed by atoms with Crippen molar-refractivity contribution >= 4 is 0 Å². The molecule has 0 aliphatic carbocycles. The zero-order chi connectivity index (χ0) is 17.7. The first-order chi connectivity index (χ1) is 11.3. The van der Waals surface area contributed by atoms with Crippen molar-refractivity contribution in [3.05, 3.63) is 29.6 Å². The van der Waals surface area contributed by atoms with Crippen LogP contribution in [0.15, 0.2) is 18.2 Å². The zero-order valence-corrected chi connectivity index (χ0v) is 14.0. The molecule has 1 N–H and O–H groups in total. The minimum Gasteiger partial charge on any atom is -0.403 e. The van der Waals surface area contributed by atoms with Crippen molar-refractivity contribution < 1.29 is 22.3 Å². The van der Waals surface area contributed by atoms with Gasteiger partial charge < -0.3 is 10.1 Å². The van der Waals surface area contributed by atoms with Gasteiger partial charge in [-0.2, -0.15) is 0 Å². The van der Waals surface area contributed by atoms with Crippen molar-refractivity contribution in [3.63, 3.8) is 0 Å². The molecule has 136 valence electrons. The SMILES string of the molecule is CC(C)CC[C@H](c1ccc(OC(F)(F)F)c(F)c1)N1CCNCC1. The number of ether oxygens (including phenoxy) is 1. The quantitative estimate of drug-likeness (QED) is 0.783. The summed E-state index contributed by atoms with van der Waals surface area (Å²) in [6.07, 6.45) is -3.08. The maximum atomic E-state index is 14.1. The average Bonchev–Trinajstić information content (AvgIpc) is 2.49. The second kappa shape index (κ2) is 8.16. The van der Waals surface area contributed by atoms with E-state index in [2.05, 4.69) is 28.8 Å². The van der Waals surface area contributed by atoms with Gasteiger partial charge in [-0.3, -0.25) is 4.90 Å². The molecule has 7 heteroatoms. The maximum absolute atomic E-state index is 14.1. The van der Waals surface area contributed by atoms with E-state index < -0.39 is 17.9 Å². The van der Waals surface area contributed by atoms with Crippen molar-refractivity contribution in [3.8, 4) is 5.75 Å². The lowest BCUT2D eigenvalue weighted by Gasteiger charge is -2.35. The van der Waals surface area contributed by atoms with Crippen LogP contribution in [0, 0.1) is 11.7 Å². The monoisotopic (exact) mass is 348 g/mol. The van der Waals surface area contributed by atoms with Crippen LogP contribution >= 0.6 is 0 Å². The topological polar surface area (TPSA) is 24.5 Å². The van der Waals surface area contributed by atoms with Crippen molar-refractivity contribution in [2.75, 3.05) is 26.2 Å². The van der Waals surface area contributed by atoms with Gasteiger partial charge in [0.05, 0.1) is 0 Å². The van der Waals surface area contributed by atoms with Crippen LogP contribution in [0.2, 0.25) is 0 Å². The standard InChI is InChI=1S/C17H24F4N2O/c1-12(2)3-5-15(23-9-7-22-8-10-23)13-4-6-16(14(18)11-13)24-17(19,20)21/h4,6,11-12,15,22H,3,5,7-10H2,1-2H3/t15-/m1/s1. The smallest absolute Gasteiger partial charge is 0.403 e. The fourth-order valence-electron chi connectivity index (χ4n) is 2.98. The van der Waals surface area contributed by atoms with Gasteiger partial charge in [-0.1, -0.05) is 19.9 Å². The van der Waals surface area contributed by atoms with Gasteiger partial charge in [-0.25, -0.2) is 4.39 Å². The zero-order valence-electron chi connectivity index (χ0n) is 14.0. The van der Waals surface area contributed by atoms with Crippen LogP contribution in [0.25, 0.3) is 0 Å². The van der Waals surface area contributed by atoms with Crippen molar-refractivity contribution in [2.45, 2.75) is 39.1 Å². The fourth-order valence-corrected chi connectivity index (χ4v) is 2.98. The molecule has 0 radical (unpaired) electrons. The molecule has 24 heavy (non-hydrogen) atoms. The highest BCUT2D eigenvalue weighted by molar-refractivity contribution is 5.31. The van der Waals surface area contributed by atoms with Crippen LogP contribution in [0.4, 0.5) is 17.6 Å². The van der Waals surface area contributed by atoms with Gasteiger partial charge in [0.15, 0.2) is 11.6 Å². The summed E-state index contributed by atoms with van der Waals surface area (Å²) in [5.41, 5.74) is 0.699. The highest BCUT2D eigenvalue weighted by Crippen LogP contribution is 2.32. The van der Waals surface area contributed by atoms with Crippen LogP contribution in [-0.4, -0.2) is 37.4 Å². The summed E-state index contributed by atoms with van der Waals surface area (Å²) in [4.78, 5) is 2.26. The normalized spacial score (nSPS) is 18.0. The molecule has 1 saturated heterocycles. The molecule has 0 amide bonds. The summed E-state index contributed by atoms with van der Waals surface area (Å²) >= 11 is 0.